The minimum atomic E-state index is 0.869. The van der Waals surface area contributed by atoms with Crippen LogP contribution >= 0.6 is 0 Å². The molecule has 4 aromatic carbocycles. The zero-order valence-corrected chi connectivity index (χ0v) is 16.4. The zero-order valence-electron chi connectivity index (χ0n) is 16.4. The quantitative estimate of drug-likeness (QED) is 0.329. The summed E-state index contributed by atoms with van der Waals surface area (Å²) in [6, 6.07) is 39.3. The molecular weight excluding hydrogens is 364 g/mol. The molecule has 0 saturated carbocycles. The minimum absolute atomic E-state index is 0.869. The van der Waals surface area contributed by atoms with Crippen LogP contribution in [0.4, 0.5) is 0 Å². The smallest absolute Gasteiger partial charge is 0.0972 e. The predicted octanol–water partition coefficient (Wildman–Crippen LogP) is 7.14. The first kappa shape index (κ1) is 18.0. The van der Waals surface area contributed by atoms with Crippen LogP contribution in [0.5, 0.6) is 0 Å². The van der Waals surface area contributed by atoms with Crippen LogP contribution in [0, 0.1) is 0 Å². The molecule has 0 spiro atoms. The van der Waals surface area contributed by atoms with E-state index < -0.39 is 0 Å². The third kappa shape index (κ3) is 3.51. The van der Waals surface area contributed by atoms with E-state index in [9.17, 15) is 0 Å². The molecule has 1 heterocycles. The average molecular weight is 384 g/mol. The molecule has 0 unspecified atom stereocenters. The second-order valence-corrected chi connectivity index (χ2v) is 7.10. The van der Waals surface area contributed by atoms with Crippen LogP contribution < -0.4 is 0 Å². The lowest BCUT2D eigenvalue weighted by Gasteiger charge is -2.13. The summed E-state index contributed by atoms with van der Waals surface area (Å²) in [5.74, 6) is 0. The molecule has 0 bridgehead atoms. The fraction of sp³-hybridized carbons (Fsp3) is 0. The van der Waals surface area contributed by atoms with Gasteiger partial charge < -0.3 is 0 Å². The van der Waals surface area contributed by atoms with Gasteiger partial charge in [0, 0.05) is 16.7 Å². The second kappa shape index (κ2) is 8.14. The normalized spacial score (nSPS) is 10.7. The van der Waals surface area contributed by atoms with Gasteiger partial charge in [0.05, 0.1) is 23.3 Å². The van der Waals surface area contributed by atoms with Gasteiger partial charge in [-0.15, -0.1) is 0 Å². The Hall–Kier alpha value is -4.04. The van der Waals surface area contributed by atoms with Crippen molar-refractivity contribution in [1.29, 1.82) is 0 Å². The third-order valence-corrected chi connectivity index (χ3v) is 5.15. The van der Waals surface area contributed by atoms with E-state index >= 15 is 0 Å². The van der Waals surface area contributed by atoms with Gasteiger partial charge in [-0.2, -0.15) is 0 Å². The Morgan fingerprint density at radius 2 is 0.867 bits per heavy atom. The summed E-state index contributed by atoms with van der Waals surface area (Å²) in [7, 11) is 0. The number of hydrogen-bond acceptors (Lipinski definition) is 2. The highest BCUT2D eigenvalue weighted by molar-refractivity contribution is 5.84. The number of benzene rings is 4. The molecule has 2 nitrogen and oxygen atoms in total. The number of aromatic nitrogens is 2. The highest BCUT2D eigenvalue weighted by atomic mass is 14.8. The van der Waals surface area contributed by atoms with Gasteiger partial charge >= 0.3 is 0 Å². The standard InChI is InChI=1S/C28H20N2/c1-4-12-21(13-5-1)24-18-10-11-19-25(24)26-20-29-27(22-14-6-2-7-15-22)28(30-26)23-16-8-3-9-17-23/h1-20H. The summed E-state index contributed by atoms with van der Waals surface area (Å²) in [5.41, 5.74) is 8.17. The maximum Gasteiger partial charge on any atom is 0.0972 e. The molecule has 0 N–H and O–H groups in total. The average Bonchev–Trinajstić information content (AvgIpc) is 2.85. The van der Waals surface area contributed by atoms with E-state index in [-0.39, 0.29) is 0 Å². The van der Waals surface area contributed by atoms with Gasteiger partial charge in [0.25, 0.3) is 0 Å². The largest absolute Gasteiger partial charge is 0.252 e. The van der Waals surface area contributed by atoms with E-state index in [0.717, 1.165) is 39.3 Å². The highest BCUT2D eigenvalue weighted by Crippen LogP contribution is 2.34. The molecule has 5 aromatic rings. The highest BCUT2D eigenvalue weighted by Gasteiger charge is 2.15. The Morgan fingerprint density at radius 3 is 1.47 bits per heavy atom. The van der Waals surface area contributed by atoms with E-state index in [1.807, 2.05) is 48.7 Å². The molecule has 0 aliphatic rings. The van der Waals surface area contributed by atoms with E-state index in [0.29, 0.717) is 0 Å². The molecule has 0 atom stereocenters. The van der Waals surface area contributed by atoms with Crippen LogP contribution in [-0.2, 0) is 0 Å². The molecule has 142 valence electrons. The molecule has 1 aromatic heterocycles. The van der Waals surface area contributed by atoms with Crippen molar-refractivity contribution in [2.75, 3.05) is 0 Å². The monoisotopic (exact) mass is 384 g/mol. The Kier molecular flexibility index (Phi) is 4.89. The maximum absolute atomic E-state index is 5.11. The number of hydrogen-bond donors (Lipinski definition) is 0. The van der Waals surface area contributed by atoms with Crippen LogP contribution in [-0.4, -0.2) is 9.97 Å². The van der Waals surface area contributed by atoms with Crippen LogP contribution in [0.2, 0.25) is 0 Å². The summed E-state index contributed by atoms with van der Waals surface area (Å²) >= 11 is 0. The topological polar surface area (TPSA) is 25.8 Å². The van der Waals surface area contributed by atoms with Crippen molar-refractivity contribution in [3.8, 4) is 44.9 Å². The van der Waals surface area contributed by atoms with Crippen molar-refractivity contribution in [3.05, 3.63) is 121 Å². The maximum atomic E-state index is 5.11. The van der Waals surface area contributed by atoms with Gasteiger partial charge in [0.1, 0.15) is 0 Å². The third-order valence-electron chi connectivity index (χ3n) is 5.15. The summed E-state index contributed by atoms with van der Waals surface area (Å²) in [6.45, 7) is 0. The van der Waals surface area contributed by atoms with Crippen molar-refractivity contribution in [2.24, 2.45) is 0 Å². The fourth-order valence-electron chi connectivity index (χ4n) is 3.70. The van der Waals surface area contributed by atoms with Crippen LogP contribution in [0.3, 0.4) is 0 Å². The Balaban J connectivity index is 1.71. The Labute approximate surface area is 176 Å². The lowest BCUT2D eigenvalue weighted by atomic mass is 9.97. The molecule has 0 radical (unpaired) electrons. The van der Waals surface area contributed by atoms with Gasteiger partial charge in [-0.1, -0.05) is 115 Å². The molecule has 0 aliphatic heterocycles. The van der Waals surface area contributed by atoms with Crippen molar-refractivity contribution in [1.82, 2.24) is 9.97 Å². The van der Waals surface area contributed by atoms with Crippen molar-refractivity contribution < 1.29 is 0 Å². The lowest BCUT2D eigenvalue weighted by molar-refractivity contribution is 1.21. The Bertz CT molecular complexity index is 1260. The van der Waals surface area contributed by atoms with Crippen LogP contribution in [0.1, 0.15) is 0 Å². The predicted molar refractivity (Wildman–Crippen MR) is 124 cm³/mol. The first-order valence-corrected chi connectivity index (χ1v) is 10.0. The second-order valence-electron chi connectivity index (χ2n) is 7.10. The van der Waals surface area contributed by atoms with Crippen LogP contribution in [0.15, 0.2) is 121 Å². The number of rotatable bonds is 4. The minimum Gasteiger partial charge on any atom is -0.252 e. The lowest BCUT2D eigenvalue weighted by Crippen LogP contribution is -1.97. The van der Waals surface area contributed by atoms with Gasteiger partial charge in [-0.25, -0.2) is 4.98 Å². The molecule has 5 rings (SSSR count). The molecular formula is C28H20N2. The van der Waals surface area contributed by atoms with Gasteiger partial charge in [0.2, 0.25) is 0 Å². The molecule has 0 aliphatic carbocycles. The molecule has 0 saturated heterocycles. The molecule has 30 heavy (non-hydrogen) atoms. The van der Waals surface area contributed by atoms with E-state index in [1.165, 1.54) is 5.56 Å². The molecule has 2 heteroatoms. The summed E-state index contributed by atoms with van der Waals surface area (Å²) in [6.07, 6.45) is 1.89. The van der Waals surface area contributed by atoms with Crippen molar-refractivity contribution in [3.63, 3.8) is 0 Å². The molecule has 0 fully saturated rings. The van der Waals surface area contributed by atoms with E-state index in [2.05, 4.69) is 72.8 Å². The first-order chi connectivity index (χ1) is 14.9. The van der Waals surface area contributed by atoms with Crippen molar-refractivity contribution >= 4 is 0 Å². The van der Waals surface area contributed by atoms with Crippen molar-refractivity contribution in [2.45, 2.75) is 0 Å². The fourth-order valence-corrected chi connectivity index (χ4v) is 3.70. The summed E-state index contributed by atoms with van der Waals surface area (Å²) in [5, 5.41) is 0. The van der Waals surface area contributed by atoms with Gasteiger partial charge in [-0.05, 0) is 11.1 Å². The SMILES string of the molecule is c1ccc(-c2ccccc2-c2cnc(-c3ccccc3)c(-c3ccccc3)n2)cc1. The summed E-state index contributed by atoms with van der Waals surface area (Å²) in [4.78, 5) is 9.99. The Morgan fingerprint density at radius 1 is 0.400 bits per heavy atom. The zero-order chi connectivity index (χ0) is 20.2. The van der Waals surface area contributed by atoms with Crippen LogP contribution in [0.25, 0.3) is 44.9 Å². The van der Waals surface area contributed by atoms with E-state index in [4.69, 9.17) is 9.97 Å². The molecule has 0 amide bonds. The first-order valence-electron chi connectivity index (χ1n) is 10.0. The number of nitrogens with zero attached hydrogens (tertiary/aromatic N) is 2. The summed E-state index contributed by atoms with van der Waals surface area (Å²) < 4.78 is 0. The van der Waals surface area contributed by atoms with Gasteiger partial charge in [-0.3, -0.25) is 4.98 Å². The van der Waals surface area contributed by atoms with E-state index in [1.54, 1.807) is 0 Å². The van der Waals surface area contributed by atoms with Gasteiger partial charge in [0.15, 0.2) is 0 Å².